The van der Waals surface area contributed by atoms with Crippen LogP contribution >= 0.6 is 22.6 Å². The van der Waals surface area contributed by atoms with Crippen LogP contribution < -0.4 is 0 Å². The molecular weight excluding hydrogens is 323 g/mol. The molecule has 0 heterocycles. The zero-order valence-corrected chi connectivity index (χ0v) is 9.82. The zero-order chi connectivity index (χ0) is 10.8. The summed E-state index contributed by atoms with van der Waals surface area (Å²) in [7, 11) is -4.22. The van der Waals surface area contributed by atoms with E-state index < -0.39 is 10.1 Å². The van der Waals surface area contributed by atoms with Crippen LogP contribution in [-0.4, -0.2) is 18.2 Å². The van der Waals surface area contributed by atoms with Crippen LogP contribution in [0, 0.1) is 3.57 Å². The van der Waals surface area contributed by atoms with Gasteiger partial charge in [0, 0.05) is 3.57 Å². The molecule has 14 heavy (non-hydrogen) atoms. The Morgan fingerprint density at radius 2 is 2.07 bits per heavy atom. The predicted octanol–water partition coefficient (Wildman–Crippen LogP) is 1.53. The Bertz CT molecular complexity index is 428. The van der Waals surface area contributed by atoms with Gasteiger partial charge in [-0.2, -0.15) is 8.42 Å². The summed E-state index contributed by atoms with van der Waals surface area (Å²) < 4.78 is 31.0. The summed E-state index contributed by atoms with van der Waals surface area (Å²) in [6.45, 7) is -0.126. The lowest BCUT2D eigenvalue weighted by Gasteiger charge is -2.03. The molecule has 2 N–H and O–H groups in total. The van der Waals surface area contributed by atoms with E-state index in [-0.39, 0.29) is 11.5 Å². The molecule has 1 aromatic rings. The van der Waals surface area contributed by atoms with Gasteiger partial charge in [0.05, 0.1) is 0 Å². The quantitative estimate of drug-likeness (QED) is 0.380. The van der Waals surface area contributed by atoms with Crippen molar-refractivity contribution < 1.29 is 23.1 Å². The van der Waals surface area contributed by atoms with Gasteiger partial charge in [0.15, 0.2) is 0 Å². The van der Waals surface area contributed by atoms with Gasteiger partial charge in [-0.25, -0.2) is 4.89 Å². The van der Waals surface area contributed by atoms with Crippen LogP contribution in [0.15, 0.2) is 23.1 Å². The highest BCUT2D eigenvalue weighted by atomic mass is 127. The second kappa shape index (κ2) is 4.53. The van der Waals surface area contributed by atoms with Crippen molar-refractivity contribution in [3.63, 3.8) is 0 Å². The van der Waals surface area contributed by atoms with E-state index in [0.29, 0.717) is 9.13 Å². The van der Waals surface area contributed by atoms with Gasteiger partial charge in [0.25, 0.3) is 10.1 Å². The van der Waals surface area contributed by atoms with Crippen molar-refractivity contribution in [1.82, 2.24) is 0 Å². The van der Waals surface area contributed by atoms with Crippen molar-refractivity contribution in [3.05, 3.63) is 27.3 Å². The highest BCUT2D eigenvalue weighted by Crippen LogP contribution is 2.19. The summed E-state index contributed by atoms with van der Waals surface area (Å²) >= 11 is 1.79. The van der Waals surface area contributed by atoms with Crippen molar-refractivity contribution in [2.75, 3.05) is 0 Å². The molecule has 78 valence electrons. The maximum Gasteiger partial charge on any atom is 0.295 e. The highest BCUT2D eigenvalue weighted by Gasteiger charge is 2.14. The number of hydrogen-bond acceptors (Lipinski definition) is 4. The molecule has 0 saturated carbocycles. The monoisotopic (exact) mass is 330 g/mol. The number of hydrogen-bond donors (Lipinski definition) is 2. The zero-order valence-electron chi connectivity index (χ0n) is 6.84. The van der Waals surface area contributed by atoms with Crippen LogP contribution in [0.1, 0.15) is 5.56 Å². The first kappa shape index (κ1) is 11.9. The number of rotatable bonds is 3. The van der Waals surface area contributed by atoms with Crippen LogP contribution in [0.3, 0.4) is 0 Å². The molecule has 0 fully saturated rings. The second-order valence-corrected chi connectivity index (χ2v) is 5.07. The molecule has 1 aromatic carbocycles. The Balaban J connectivity index is 3.22. The maximum atomic E-state index is 10.9. The lowest BCUT2D eigenvalue weighted by molar-refractivity contribution is -0.253. The molecule has 0 spiro atoms. The van der Waals surface area contributed by atoms with Gasteiger partial charge in [-0.05, 0) is 40.3 Å². The highest BCUT2D eigenvalue weighted by molar-refractivity contribution is 14.1. The first-order chi connectivity index (χ1) is 6.45. The van der Waals surface area contributed by atoms with Crippen molar-refractivity contribution in [3.8, 4) is 0 Å². The topological polar surface area (TPSA) is 83.8 Å². The molecule has 5 nitrogen and oxygen atoms in total. The minimum absolute atomic E-state index is 0.126. The lowest BCUT2D eigenvalue weighted by Crippen LogP contribution is -2.02. The molecular formula is C7H7IO5S. The number of benzene rings is 1. The standard InChI is InChI=1S/C7H7IO5S/c8-6-2-1-5(4-13-9)3-7(6)14(10,11)12/h1-3,9H,4H2,(H,10,11,12). The largest absolute Gasteiger partial charge is 0.295 e. The van der Waals surface area contributed by atoms with E-state index in [1.54, 1.807) is 28.7 Å². The average Bonchev–Trinajstić information content (AvgIpc) is 2.07. The summed E-state index contributed by atoms with van der Waals surface area (Å²) in [6, 6.07) is 4.35. The molecule has 0 aliphatic heterocycles. The van der Waals surface area contributed by atoms with Gasteiger partial charge in [0.1, 0.15) is 11.5 Å². The van der Waals surface area contributed by atoms with Crippen LogP contribution in [0.5, 0.6) is 0 Å². The Hall–Kier alpha value is -0.220. The third-order valence-corrected chi connectivity index (χ3v) is 3.70. The van der Waals surface area contributed by atoms with Gasteiger partial charge in [-0.1, -0.05) is 6.07 Å². The van der Waals surface area contributed by atoms with E-state index >= 15 is 0 Å². The molecule has 0 atom stereocenters. The van der Waals surface area contributed by atoms with E-state index in [1.807, 2.05) is 0 Å². The molecule has 0 saturated heterocycles. The fourth-order valence-corrected chi connectivity index (χ4v) is 2.69. The third kappa shape index (κ3) is 2.89. The minimum atomic E-state index is -4.22. The molecule has 0 aromatic heterocycles. The predicted molar refractivity (Wildman–Crippen MR) is 56.4 cm³/mol. The van der Waals surface area contributed by atoms with Crippen molar-refractivity contribution in [1.29, 1.82) is 0 Å². The molecule has 0 amide bonds. The van der Waals surface area contributed by atoms with E-state index in [1.165, 1.54) is 12.1 Å². The molecule has 0 radical (unpaired) electrons. The summed E-state index contributed by atoms with van der Waals surface area (Å²) in [5.74, 6) is 0. The minimum Gasteiger partial charge on any atom is -0.282 e. The van der Waals surface area contributed by atoms with Gasteiger partial charge in [-0.3, -0.25) is 9.81 Å². The fourth-order valence-electron chi connectivity index (χ4n) is 0.910. The number of halogens is 1. The SMILES string of the molecule is O=S(=O)(O)c1cc(COO)ccc1I. The Morgan fingerprint density at radius 1 is 1.43 bits per heavy atom. The van der Waals surface area contributed by atoms with E-state index in [4.69, 9.17) is 9.81 Å². The van der Waals surface area contributed by atoms with Gasteiger partial charge in [-0.15, -0.1) is 0 Å². The second-order valence-electron chi connectivity index (χ2n) is 2.51. The van der Waals surface area contributed by atoms with Gasteiger partial charge in [0.2, 0.25) is 0 Å². The van der Waals surface area contributed by atoms with Crippen LogP contribution in [0.4, 0.5) is 0 Å². The summed E-state index contributed by atoms with van der Waals surface area (Å²) in [6.07, 6.45) is 0. The van der Waals surface area contributed by atoms with E-state index in [2.05, 4.69) is 4.89 Å². The third-order valence-electron chi connectivity index (χ3n) is 1.50. The van der Waals surface area contributed by atoms with Crippen molar-refractivity contribution >= 4 is 32.7 Å². The lowest BCUT2D eigenvalue weighted by atomic mass is 10.2. The fraction of sp³-hybridized carbons (Fsp3) is 0.143. The van der Waals surface area contributed by atoms with Crippen LogP contribution in [-0.2, 0) is 21.6 Å². The normalized spacial score (nSPS) is 11.6. The van der Waals surface area contributed by atoms with Crippen LogP contribution in [0.25, 0.3) is 0 Å². The van der Waals surface area contributed by atoms with Gasteiger partial charge < -0.3 is 0 Å². The Kier molecular flexibility index (Phi) is 3.84. The Morgan fingerprint density at radius 3 is 2.57 bits per heavy atom. The first-order valence-electron chi connectivity index (χ1n) is 3.47. The summed E-state index contributed by atoms with van der Waals surface area (Å²) in [4.78, 5) is 3.67. The van der Waals surface area contributed by atoms with Crippen molar-refractivity contribution in [2.45, 2.75) is 11.5 Å². The molecule has 1 rings (SSSR count). The van der Waals surface area contributed by atoms with Crippen molar-refractivity contribution in [2.24, 2.45) is 0 Å². The maximum absolute atomic E-state index is 10.9. The molecule has 0 bridgehead atoms. The molecule has 0 aliphatic rings. The van der Waals surface area contributed by atoms with E-state index in [0.717, 1.165) is 0 Å². The molecule has 0 aliphatic carbocycles. The van der Waals surface area contributed by atoms with Crippen LogP contribution in [0.2, 0.25) is 0 Å². The van der Waals surface area contributed by atoms with E-state index in [9.17, 15) is 8.42 Å². The smallest absolute Gasteiger partial charge is 0.282 e. The Labute approximate surface area is 94.5 Å². The molecule has 0 unspecified atom stereocenters. The first-order valence-corrected chi connectivity index (χ1v) is 5.99. The van der Waals surface area contributed by atoms with Gasteiger partial charge >= 0.3 is 0 Å². The summed E-state index contributed by atoms with van der Waals surface area (Å²) in [5.41, 5.74) is 0.459. The molecule has 7 heteroatoms. The average molecular weight is 330 g/mol. The summed E-state index contributed by atoms with van der Waals surface area (Å²) in [5, 5.41) is 8.17.